The highest BCUT2D eigenvalue weighted by Crippen LogP contribution is 2.20. The van der Waals surface area contributed by atoms with Crippen LogP contribution in [0.25, 0.3) is 0 Å². The fraction of sp³-hybridized carbons (Fsp3) is 0.588. The summed E-state index contributed by atoms with van der Waals surface area (Å²) in [5, 5.41) is 11.3. The first kappa shape index (κ1) is 22.7. The summed E-state index contributed by atoms with van der Waals surface area (Å²) in [4.78, 5) is 31.0. The third kappa shape index (κ3) is 5.83. The van der Waals surface area contributed by atoms with E-state index in [1.807, 2.05) is 13.0 Å². The molecule has 0 radical (unpaired) electrons. The molecular weight excluding hydrogens is 465 g/mol. The van der Waals surface area contributed by atoms with E-state index in [-0.39, 0.29) is 35.9 Å². The molecule has 0 aliphatic carbocycles. The van der Waals surface area contributed by atoms with Crippen LogP contribution in [0, 0.1) is 0 Å². The highest BCUT2D eigenvalue weighted by molar-refractivity contribution is 14.0. The van der Waals surface area contributed by atoms with E-state index >= 15 is 0 Å². The van der Waals surface area contributed by atoms with Crippen molar-refractivity contribution in [1.82, 2.24) is 20.9 Å². The second-order valence-electron chi connectivity index (χ2n) is 6.18. The molecule has 7 nitrogen and oxygen atoms in total. The van der Waals surface area contributed by atoms with E-state index in [9.17, 15) is 9.59 Å². The summed E-state index contributed by atoms with van der Waals surface area (Å²) in [6.07, 6.45) is 2.22. The van der Waals surface area contributed by atoms with Crippen LogP contribution in [-0.2, 0) is 11.2 Å². The average Bonchev–Trinajstić information content (AvgIpc) is 3.19. The predicted octanol–water partition coefficient (Wildman–Crippen LogP) is 2.18. The normalized spacial score (nSPS) is 20.0. The molecule has 146 valence electrons. The lowest BCUT2D eigenvalue weighted by atomic mass is 9.99. The van der Waals surface area contributed by atoms with Crippen LogP contribution in [0.4, 0.5) is 4.79 Å². The molecule has 0 spiro atoms. The number of urea groups is 1. The van der Waals surface area contributed by atoms with Crippen LogP contribution in [0.1, 0.15) is 31.6 Å². The van der Waals surface area contributed by atoms with Crippen LogP contribution in [0.3, 0.4) is 0 Å². The van der Waals surface area contributed by atoms with Gasteiger partial charge in [0.05, 0.1) is 0 Å². The van der Waals surface area contributed by atoms with Crippen LogP contribution in [0.15, 0.2) is 22.5 Å². The number of rotatable bonds is 8. The highest BCUT2D eigenvalue weighted by Gasteiger charge is 2.45. The molecule has 1 aliphatic rings. The third-order valence-electron chi connectivity index (χ3n) is 4.37. The Morgan fingerprint density at radius 3 is 2.65 bits per heavy atom. The molecule has 26 heavy (non-hydrogen) atoms. The Morgan fingerprint density at radius 1 is 1.35 bits per heavy atom. The van der Waals surface area contributed by atoms with Gasteiger partial charge < -0.3 is 16.0 Å². The summed E-state index contributed by atoms with van der Waals surface area (Å²) >= 11 is 1.74. The van der Waals surface area contributed by atoms with Crippen LogP contribution in [0.2, 0.25) is 0 Å². The molecule has 0 bridgehead atoms. The summed E-state index contributed by atoms with van der Waals surface area (Å²) < 4.78 is 0. The minimum Gasteiger partial charge on any atom is -0.356 e. The quantitative estimate of drug-likeness (QED) is 0.170. The van der Waals surface area contributed by atoms with E-state index in [0.29, 0.717) is 25.9 Å². The van der Waals surface area contributed by atoms with Gasteiger partial charge in [-0.2, -0.15) is 0 Å². The van der Waals surface area contributed by atoms with Gasteiger partial charge in [0, 0.05) is 31.6 Å². The zero-order valence-electron chi connectivity index (χ0n) is 15.5. The van der Waals surface area contributed by atoms with E-state index < -0.39 is 5.54 Å². The maximum atomic E-state index is 12.3. The van der Waals surface area contributed by atoms with Crippen molar-refractivity contribution in [2.75, 3.05) is 26.7 Å². The van der Waals surface area contributed by atoms with Crippen molar-refractivity contribution in [2.24, 2.45) is 4.99 Å². The van der Waals surface area contributed by atoms with Gasteiger partial charge >= 0.3 is 6.03 Å². The summed E-state index contributed by atoms with van der Waals surface area (Å²) in [6, 6.07) is 3.87. The summed E-state index contributed by atoms with van der Waals surface area (Å²) in [5.41, 5.74) is -0.760. The molecule has 0 saturated carbocycles. The summed E-state index contributed by atoms with van der Waals surface area (Å²) in [7, 11) is 1.73. The number of carbonyl (C=O) groups excluding carboxylic acids is 2. The van der Waals surface area contributed by atoms with Gasteiger partial charge in [-0.25, -0.2) is 4.79 Å². The second-order valence-corrected chi connectivity index (χ2v) is 7.21. The second kappa shape index (κ2) is 10.7. The number of imide groups is 1. The van der Waals surface area contributed by atoms with Gasteiger partial charge in [-0.3, -0.25) is 14.7 Å². The van der Waals surface area contributed by atoms with E-state index in [4.69, 9.17) is 0 Å². The van der Waals surface area contributed by atoms with E-state index in [1.54, 1.807) is 25.3 Å². The number of amides is 3. The molecule has 3 N–H and O–H groups in total. The van der Waals surface area contributed by atoms with Gasteiger partial charge in [-0.1, -0.05) is 13.0 Å². The molecule has 1 aromatic heterocycles. The summed E-state index contributed by atoms with van der Waals surface area (Å²) in [5.74, 6) is 0.589. The zero-order valence-corrected chi connectivity index (χ0v) is 18.6. The fourth-order valence-electron chi connectivity index (χ4n) is 2.61. The van der Waals surface area contributed by atoms with Crippen LogP contribution in [0.5, 0.6) is 0 Å². The number of thiophene rings is 1. The Kier molecular flexibility index (Phi) is 9.34. The maximum Gasteiger partial charge on any atom is 0.325 e. The molecular formula is C17H28IN5O2S. The maximum absolute atomic E-state index is 12.3. The minimum atomic E-state index is -0.760. The molecule has 1 saturated heterocycles. The molecule has 0 aromatic carbocycles. The number of nitrogens with zero attached hydrogens (tertiary/aromatic N) is 2. The van der Waals surface area contributed by atoms with Gasteiger partial charge in [-0.05, 0) is 37.6 Å². The van der Waals surface area contributed by atoms with Crippen molar-refractivity contribution in [3.63, 3.8) is 0 Å². The average molecular weight is 493 g/mol. The van der Waals surface area contributed by atoms with Gasteiger partial charge in [0.2, 0.25) is 0 Å². The number of aliphatic imine (C=N–C) groups is 1. The largest absolute Gasteiger partial charge is 0.356 e. The van der Waals surface area contributed by atoms with Crippen molar-refractivity contribution < 1.29 is 9.59 Å². The fourth-order valence-corrected chi connectivity index (χ4v) is 3.32. The molecule has 2 heterocycles. The lowest BCUT2D eigenvalue weighted by Crippen LogP contribution is -2.43. The van der Waals surface area contributed by atoms with Crippen molar-refractivity contribution in [2.45, 2.75) is 38.6 Å². The monoisotopic (exact) mass is 493 g/mol. The van der Waals surface area contributed by atoms with Gasteiger partial charge in [0.15, 0.2) is 5.96 Å². The molecule has 1 atom stereocenters. The molecule has 1 unspecified atom stereocenters. The SMILES string of the molecule is CCC1(C)NC(=O)N(CCCNC(=NC)NCCc2cccs2)C1=O.I. The Labute approximate surface area is 176 Å². The first-order valence-corrected chi connectivity index (χ1v) is 9.49. The molecule has 2 rings (SSSR count). The Bertz CT molecular complexity index is 623. The highest BCUT2D eigenvalue weighted by atomic mass is 127. The molecule has 1 fully saturated rings. The number of halogens is 1. The number of nitrogens with one attached hydrogen (secondary N) is 3. The Morgan fingerprint density at radius 2 is 2.08 bits per heavy atom. The first-order chi connectivity index (χ1) is 12.0. The summed E-state index contributed by atoms with van der Waals surface area (Å²) in [6.45, 7) is 5.51. The number of carbonyl (C=O) groups is 2. The lowest BCUT2D eigenvalue weighted by Gasteiger charge is -2.19. The Balaban J connectivity index is 0.00000338. The number of hydrogen-bond acceptors (Lipinski definition) is 4. The lowest BCUT2D eigenvalue weighted by molar-refractivity contribution is -0.130. The van der Waals surface area contributed by atoms with E-state index in [1.165, 1.54) is 9.78 Å². The van der Waals surface area contributed by atoms with Crippen LogP contribution < -0.4 is 16.0 Å². The smallest absolute Gasteiger partial charge is 0.325 e. The Hall–Kier alpha value is -1.36. The van der Waals surface area contributed by atoms with Gasteiger partial charge in [0.25, 0.3) is 5.91 Å². The molecule has 3 amide bonds. The minimum absolute atomic E-state index is 0. The number of hydrogen-bond donors (Lipinski definition) is 3. The van der Waals surface area contributed by atoms with Gasteiger partial charge in [0.1, 0.15) is 5.54 Å². The van der Waals surface area contributed by atoms with Crippen molar-refractivity contribution in [3.05, 3.63) is 22.4 Å². The van der Waals surface area contributed by atoms with E-state index in [0.717, 1.165) is 18.9 Å². The predicted molar refractivity (Wildman–Crippen MR) is 116 cm³/mol. The first-order valence-electron chi connectivity index (χ1n) is 8.61. The van der Waals surface area contributed by atoms with Crippen LogP contribution in [-0.4, -0.2) is 55.0 Å². The molecule has 1 aromatic rings. The van der Waals surface area contributed by atoms with Crippen LogP contribution >= 0.6 is 35.3 Å². The third-order valence-corrected chi connectivity index (χ3v) is 5.31. The van der Waals surface area contributed by atoms with Crippen molar-refractivity contribution >= 4 is 53.2 Å². The standard InChI is InChI=1S/C17H27N5O2S.HI/c1-4-17(2)14(23)22(16(24)21-17)11-6-9-19-15(18-3)20-10-8-13-7-5-12-25-13;/h5,7,12H,4,6,8-11H2,1-3H3,(H,21,24)(H2,18,19,20);1H. The zero-order chi connectivity index (χ0) is 18.3. The van der Waals surface area contributed by atoms with Crippen molar-refractivity contribution in [1.29, 1.82) is 0 Å². The van der Waals surface area contributed by atoms with E-state index in [2.05, 4.69) is 32.4 Å². The van der Waals surface area contributed by atoms with Gasteiger partial charge in [-0.15, -0.1) is 35.3 Å². The topological polar surface area (TPSA) is 85.8 Å². The molecule has 1 aliphatic heterocycles. The number of guanidine groups is 1. The molecule has 9 heteroatoms. The van der Waals surface area contributed by atoms with Crippen molar-refractivity contribution in [3.8, 4) is 0 Å².